The number of rotatable bonds is 5. The first kappa shape index (κ1) is 11.8. The maximum Gasteiger partial charge on any atom is 0.230 e. The zero-order valence-electron chi connectivity index (χ0n) is 10.4. The zero-order valence-corrected chi connectivity index (χ0v) is 10.4. The second-order valence-electron chi connectivity index (χ2n) is 4.07. The van der Waals surface area contributed by atoms with Gasteiger partial charge in [0.15, 0.2) is 0 Å². The minimum Gasteiger partial charge on any atom is -0.424 e. The molecule has 0 atom stereocenters. The van der Waals surface area contributed by atoms with E-state index in [4.69, 9.17) is 4.42 Å². The summed E-state index contributed by atoms with van der Waals surface area (Å²) in [6.07, 6.45) is 4.51. The smallest absolute Gasteiger partial charge is 0.230 e. The van der Waals surface area contributed by atoms with Crippen LogP contribution in [0, 0.1) is 0 Å². The number of hydrogen-bond acceptors (Lipinski definition) is 5. The molecule has 6 heteroatoms. The second-order valence-corrected chi connectivity index (χ2v) is 4.07. The van der Waals surface area contributed by atoms with Crippen molar-refractivity contribution in [1.82, 2.24) is 24.6 Å². The monoisotopic (exact) mass is 235 g/mol. The van der Waals surface area contributed by atoms with Crippen molar-refractivity contribution in [1.29, 1.82) is 0 Å². The molecule has 0 fully saturated rings. The lowest BCUT2D eigenvalue weighted by Gasteiger charge is -2.13. The summed E-state index contributed by atoms with van der Waals surface area (Å²) in [6, 6.07) is 0. The standard InChI is InChI=1S/C11H17N5O/c1-4-10-13-14-11(17-10)8-15(2)7-9-12-5-6-16(9)3/h5-6H,4,7-8H2,1-3H3. The molecular weight excluding hydrogens is 218 g/mol. The zero-order chi connectivity index (χ0) is 12.3. The molecule has 0 bridgehead atoms. The van der Waals surface area contributed by atoms with E-state index in [1.165, 1.54) is 0 Å². The second kappa shape index (κ2) is 5.09. The maximum atomic E-state index is 5.46. The molecule has 0 spiro atoms. The maximum absolute atomic E-state index is 5.46. The van der Waals surface area contributed by atoms with Gasteiger partial charge >= 0.3 is 0 Å². The molecule has 2 aromatic rings. The highest BCUT2D eigenvalue weighted by Crippen LogP contribution is 2.06. The highest BCUT2D eigenvalue weighted by Gasteiger charge is 2.09. The van der Waals surface area contributed by atoms with Gasteiger partial charge in [-0.1, -0.05) is 6.92 Å². The van der Waals surface area contributed by atoms with Crippen LogP contribution >= 0.6 is 0 Å². The van der Waals surface area contributed by atoms with Crippen LogP contribution in [0.15, 0.2) is 16.8 Å². The number of aryl methyl sites for hydroxylation is 2. The lowest BCUT2D eigenvalue weighted by molar-refractivity contribution is 0.269. The molecular formula is C11H17N5O. The molecule has 0 saturated carbocycles. The number of nitrogens with zero attached hydrogens (tertiary/aromatic N) is 5. The van der Waals surface area contributed by atoms with Crippen molar-refractivity contribution in [2.75, 3.05) is 7.05 Å². The lowest BCUT2D eigenvalue weighted by Crippen LogP contribution is -2.19. The number of aromatic nitrogens is 4. The topological polar surface area (TPSA) is 60.0 Å². The van der Waals surface area contributed by atoms with Crippen LogP contribution in [0.5, 0.6) is 0 Å². The molecule has 17 heavy (non-hydrogen) atoms. The van der Waals surface area contributed by atoms with E-state index in [2.05, 4.69) is 20.1 Å². The van der Waals surface area contributed by atoms with Crippen LogP contribution in [0.2, 0.25) is 0 Å². The van der Waals surface area contributed by atoms with Gasteiger partial charge in [0.05, 0.1) is 13.1 Å². The highest BCUT2D eigenvalue weighted by molar-refractivity contribution is 4.91. The summed E-state index contributed by atoms with van der Waals surface area (Å²) in [5.41, 5.74) is 0. The summed E-state index contributed by atoms with van der Waals surface area (Å²) in [6.45, 7) is 3.39. The third-order valence-corrected chi connectivity index (χ3v) is 2.55. The third-order valence-electron chi connectivity index (χ3n) is 2.55. The average molecular weight is 235 g/mol. The number of imidazole rings is 1. The van der Waals surface area contributed by atoms with Gasteiger partial charge in [0.25, 0.3) is 0 Å². The third kappa shape index (κ3) is 2.91. The molecule has 0 unspecified atom stereocenters. The summed E-state index contributed by atoms with van der Waals surface area (Å²) in [5.74, 6) is 2.35. The minimum atomic E-state index is 0.639. The molecule has 2 heterocycles. The van der Waals surface area contributed by atoms with Crippen LogP contribution in [-0.4, -0.2) is 31.7 Å². The molecule has 0 radical (unpaired) electrons. The van der Waals surface area contributed by atoms with E-state index in [0.29, 0.717) is 18.3 Å². The Labute approximate surface area is 100 Å². The first-order valence-electron chi connectivity index (χ1n) is 5.65. The van der Waals surface area contributed by atoms with E-state index < -0.39 is 0 Å². The molecule has 0 amide bonds. The van der Waals surface area contributed by atoms with Gasteiger partial charge in [0.2, 0.25) is 11.8 Å². The summed E-state index contributed by atoms with van der Waals surface area (Å²) in [4.78, 5) is 6.37. The van der Waals surface area contributed by atoms with E-state index in [1.807, 2.05) is 31.8 Å². The summed E-state index contributed by atoms with van der Waals surface area (Å²) < 4.78 is 7.46. The largest absolute Gasteiger partial charge is 0.424 e. The van der Waals surface area contributed by atoms with Crippen LogP contribution < -0.4 is 0 Å². The predicted octanol–water partition coefficient (Wildman–Crippen LogP) is 0.997. The molecule has 0 N–H and O–H groups in total. The SMILES string of the molecule is CCc1nnc(CN(C)Cc2nccn2C)o1. The quantitative estimate of drug-likeness (QED) is 0.773. The van der Waals surface area contributed by atoms with Gasteiger partial charge in [-0.15, -0.1) is 10.2 Å². The Hall–Kier alpha value is -1.69. The summed E-state index contributed by atoms with van der Waals surface area (Å²) >= 11 is 0. The van der Waals surface area contributed by atoms with E-state index in [9.17, 15) is 0 Å². The van der Waals surface area contributed by atoms with Gasteiger partial charge < -0.3 is 8.98 Å². The molecule has 6 nitrogen and oxygen atoms in total. The van der Waals surface area contributed by atoms with Crippen LogP contribution in [0.1, 0.15) is 24.5 Å². The van der Waals surface area contributed by atoms with Gasteiger partial charge in [-0.25, -0.2) is 4.98 Å². The van der Waals surface area contributed by atoms with Crippen molar-refractivity contribution in [2.45, 2.75) is 26.4 Å². The fourth-order valence-corrected chi connectivity index (χ4v) is 1.57. The molecule has 0 aliphatic carbocycles. The lowest BCUT2D eigenvalue weighted by atomic mass is 10.5. The van der Waals surface area contributed by atoms with Crippen LogP contribution in [0.4, 0.5) is 0 Å². The van der Waals surface area contributed by atoms with Crippen LogP contribution in [-0.2, 0) is 26.6 Å². The van der Waals surface area contributed by atoms with Gasteiger partial charge in [0.1, 0.15) is 5.82 Å². The predicted molar refractivity (Wildman–Crippen MR) is 62.1 cm³/mol. The average Bonchev–Trinajstić information content (AvgIpc) is 2.89. The first-order chi connectivity index (χ1) is 8.19. The molecule has 0 saturated heterocycles. The van der Waals surface area contributed by atoms with Gasteiger partial charge in [-0.3, -0.25) is 4.90 Å². The summed E-state index contributed by atoms with van der Waals surface area (Å²) in [5, 5.41) is 7.93. The Bertz CT molecular complexity index is 476. The van der Waals surface area contributed by atoms with E-state index in [-0.39, 0.29) is 0 Å². The number of hydrogen-bond donors (Lipinski definition) is 0. The molecule has 0 aliphatic heterocycles. The van der Waals surface area contributed by atoms with Crippen molar-refractivity contribution in [2.24, 2.45) is 7.05 Å². The summed E-state index contributed by atoms with van der Waals surface area (Å²) in [7, 11) is 3.99. The van der Waals surface area contributed by atoms with Crippen molar-refractivity contribution >= 4 is 0 Å². The molecule has 2 aromatic heterocycles. The minimum absolute atomic E-state index is 0.639. The van der Waals surface area contributed by atoms with Gasteiger partial charge in [-0.2, -0.15) is 0 Å². The van der Waals surface area contributed by atoms with Crippen molar-refractivity contribution in [3.63, 3.8) is 0 Å². The van der Waals surface area contributed by atoms with Crippen molar-refractivity contribution < 1.29 is 4.42 Å². The molecule has 92 valence electrons. The Kier molecular flexibility index (Phi) is 3.53. The normalized spacial score (nSPS) is 11.3. The Morgan fingerprint density at radius 1 is 1.29 bits per heavy atom. The molecule has 2 rings (SSSR count). The Morgan fingerprint density at radius 3 is 2.65 bits per heavy atom. The van der Waals surface area contributed by atoms with Gasteiger partial charge in [-0.05, 0) is 7.05 Å². The van der Waals surface area contributed by atoms with E-state index >= 15 is 0 Å². The van der Waals surface area contributed by atoms with E-state index in [1.54, 1.807) is 6.20 Å². The van der Waals surface area contributed by atoms with Crippen molar-refractivity contribution in [3.8, 4) is 0 Å². The first-order valence-corrected chi connectivity index (χ1v) is 5.65. The fraction of sp³-hybridized carbons (Fsp3) is 0.545. The molecule has 0 aliphatic rings. The fourth-order valence-electron chi connectivity index (χ4n) is 1.57. The Morgan fingerprint density at radius 2 is 2.06 bits per heavy atom. The highest BCUT2D eigenvalue weighted by atomic mass is 16.4. The Balaban J connectivity index is 1.93. The van der Waals surface area contributed by atoms with E-state index in [0.717, 1.165) is 18.8 Å². The van der Waals surface area contributed by atoms with Crippen LogP contribution in [0.25, 0.3) is 0 Å². The molecule has 0 aromatic carbocycles. The van der Waals surface area contributed by atoms with Gasteiger partial charge in [0, 0.05) is 25.9 Å². The van der Waals surface area contributed by atoms with Crippen LogP contribution in [0.3, 0.4) is 0 Å². The van der Waals surface area contributed by atoms with Crippen molar-refractivity contribution in [3.05, 3.63) is 30.0 Å².